The number of methoxy groups -OCH3 is 1. The third-order valence-corrected chi connectivity index (χ3v) is 5.73. The van der Waals surface area contributed by atoms with Crippen molar-refractivity contribution in [2.24, 2.45) is 0 Å². The number of H-pyrrole nitrogens is 2. The molecule has 0 saturated heterocycles. The summed E-state index contributed by atoms with van der Waals surface area (Å²) in [6.45, 7) is 1.99. The first-order chi connectivity index (χ1) is 15.7. The van der Waals surface area contributed by atoms with Gasteiger partial charge in [-0.1, -0.05) is 12.1 Å². The van der Waals surface area contributed by atoms with Crippen LogP contribution in [0.5, 0.6) is 5.75 Å². The second-order valence-corrected chi connectivity index (χ2v) is 7.79. The molecule has 0 aliphatic heterocycles. The predicted octanol–water partition coefficient (Wildman–Crippen LogP) is 5.28. The van der Waals surface area contributed by atoms with Crippen molar-refractivity contribution in [1.82, 2.24) is 29.7 Å². The number of nitrogens with one attached hydrogen (secondary N) is 2. The number of nitrogens with zero attached hydrogens (tertiary/aromatic N) is 4. The third kappa shape index (κ3) is 2.94. The van der Waals surface area contributed by atoms with Crippen LogP contribution < -0.4 is 4.74 Å². The number of aromatic nitrogens is 6. The van der Waals surface area contributed by atoms with Gasteiger partial charge in [-0.05, 0) is 48.9 Å². The lowest BCUT2D eigenvalue weighted by Gasteiger charge is -2.04. The standard InChI is InChI=1S/C25H20N6O/c1-15-13-31(14-27-15)24-5-3-4-21-19(24)10-23(28-21)25-20-9-16(6-7-22(20)29-30-25)17-8-18(32-2)12-26-11-17/h3-14,28H,1-2H3,(H,29,30). The molecular weight excluding hydrogens is 400 g/mol. The fraction of sp³-hybridized carbons (Fsp3) is 0.0800. The van der Waals surface area contributed by atoms with E-state index in [2.05, 4.69) is 55.5 Å². The predicted molar refractivity (Wildman–Crippen MR) is 125 cm³/mol. The highest BCUT2D eigenvalue weighted by Crippen LogP contribution is 2.33. The Hall–Kier alpha value is -4.39. The Morgan fingerprint density at radius 1 is 0.938 bits per heavy atom. The van der Waals surface area contributed by atoms with Gasteiger partial charge >= 0.3 is 0 Å². The zero-order valence-corrected chi connectivity index (χ0v) is 17.6. The van der Waals surface area contributed by atoms with Gasteiger partial charge in [-0.3, -0.25) is 10.1 Å². The van der Waals surface area contributed by atoms with Crippen LogP contribution in [0, 0.1) is 6.92 Å². The first-order valence-electron chi connectivity index (χ1n) is 10.3. The summed E-state index contributed by atoms with van der Waals surface area (Å²) in [6.07, 6.45) is 7.41. The number of hydrogen-bond acceptors (Lipinski definition) is 4. The monoisotopic (exact) mass is 420 g/mol. The minimum absolute atomic E-state index is 0.730. The summed E-state index contributed by atoms with van der Waals surface area (Å²) < 4.78 is 7.38. The Bertz CT molecular complexity index is 1590. The molecule has 0 unspecified atom stereocenters. The lowest BCUT2D eigenvalue weighted by molar-refractivity contribution is 0.413. The molecule has 7 heteroatoms. The molecular formula is C25H20N6O. The van der Waals surface area contributed by atoms with Crippen LogP contribution in [0.15, 0.2) is 73.4 Å². The van der Waals surface area contributed by atoms with Gasteiger partial charge in [0.2, 0.25) is 0 Å². The molecule has 7 nitrogen and oxygen atoms in total. The fourth-order valence-electron chi connectivity index (χ4n) is 4.13. The van der Waals surface area contributed by atoms with Crippen LogP contribution in [0.3, 0.4) is 0 Å². The van der Waals surface area contributed by atoms with Gasteiger partial charge in [0, 0.05) is 34.2 Å². The van der Waals surface area contributed by atoms with Gasteiger partial charge < -0.3 is 14.3 Å². The van der Waals surface area contributed by atoms with Gasteiger partial charge in [0.15, 0.2) is 0 Å². The van der Waals surface area contributed by atoms with Gasteiger partial charge in [0.1, 0.15) is 11.4 Å². The first-order valence-corrected chi connectivity index (χ1v) is 10.3. The third-order valence-electron chi connectivity index (χ3n) is 5.73. The van der Waals surface area contributed by atoms with Crippen molar-refractivity contribution < 1.29 is 4.74 Å². The molecule has 6 rings (SSSR count). The molecule has 0 aliphatic rings. The first kappa shape index (κ1) is 18.4. The Kier molecular flexibility index (Phi) is 4.07. The lowest BCUT2D eigenvalue weighted by Crippen LogP contribution is -1.89. The molecule has 4 heterocycles. The highest BCUT2D eigenvalue weighted by molar-refractivity contribution is 5.99. The van der Waals surface area contributed by atoms with Crippen LogP contribution in [0.4, 0.5) is 0 Å². The van der Waals surface area contributed by atoms with Crippen molar-refractivity contribution >= 4 is 21.8 Å². The fourth-order valence-corrected chi connectivity index (χ4v) is 4.13. The molecule has 2 N–H and O–H groups in total. The average molecular weight is 420 g/mol. The Balaban J connectivity index is 1.49. The van der Waals surface area contributed by atoms with Crippen molar-refractivity contribution in [2.45, 2.75) is 6.92 Å². The highest BCUT2D eigenvalue weighted by atomic mass is 16.5. The van der Waals surface area contributed by atoms with Gasteiger partial charge in [0.25, 0.3) is 0 Å². The van der Waals surface area contributed by atoms with Gasteiger partial charge in [-0.2, -0.15) is 5.10 Å². The summed E-state index contributed by atoms with van der Waals surface area (Å²) in [5.41, 5.74) is 7.96. The second-order valence-electron chi connectivity index (χ2n) is 7.79. The Morgan fingerprint density at radius 2 is 1.88 bits per heavy atom. The molecule has 0 fully saturated rings. The van der Waals surface area contributed by atoms with E-state index in [-0.39, 0.29) is 0 Å². The molecule has 0 saturated carbocycles. The van der Waals surface area contributed by atoms with E-state index in [0.717, 1.165) is 61.5 Å². The molecule has 2 aromatic carbocycles. The smallest absolute Gasteiger partial charge is 0.137 e. The van der Waals surface area contributed by atoms with Crippen LogP contribution in [-0.2, 0) is 0 Å². The van der Waals surface area contributed by atoms with Crippen molar-refractivity contribution in [3.8, 4) is 34.0 Å². The number of hydrogen-bond donors (Lipinski definition) is 2. The van der Waals surface area contributed by atoms with Crippen molar-refractivity contribution in [3.05, 3.63) is 79.1 Å². The van der Waals surface area contributed by atoms with Gasteiger partial charge in [-0.15, -0.1) is 0 Å². The van der Waals surface area contributed by atoms with Crippen LogP contribution in [0.2, 0.25) is 0 Å². The van der Waals surface area contributed by atoms with E-state index >= 15 is 0 Å². The summed E-state index contributed by atoms with van der Waals surface area (Å²) in [6, 6.07) is 16.6. The molecule has 156 valence electrons. The van der Waals surface area contributed by atoms with Gasteiger partial charge in [-0.25, -0.2) is 4.98 Å². The maximum atomic E-state index is 5.33. The molecule has 0 spiro atoms. The number of benzene rings is 2. The summed E-state index contributed by atoms with van der Waals surface area (Å²) in [5.74, 6) is 0.730. The SMILES string of the molecule is COc1cncc(-c2ccc3[nH]nc(-c4cc5c(-n6cnc(C)c6)cccc5[nH]4)c3c2)c1. The zero-order valence-electron chi connectivity index (χ0n) is 17.6. The summed E-state index contributed by atoms with van der Waals surface area (Å²) >= 11 is 0. The number of aromatic amines is 2. The van der Waals surface area contributed by atoms with Crippen molar-refractivity contribution in [1.29, 1.82) is 0 Å². The number of aryl methyl sites for hydroxylation is 1. The van der Waals surface area contributed by atoms with Crippen LogP contribution >= 0.6 is 0 Å². The van der Waals surface area contributed by atoms with Crippen LogP contribution in [0.1, 0.15) is 5.69 Å². The molecule has 0 atom stereocenters. The maximum Gasteiger partial charge on any atom is 0.137 e. The Labute approximate surface area is 183 Å². The number of pyridine rings is 1. The molecule has 6 aromatic rings. The van der Waals surface area contributed by atoms with E-state index in [0.29, 0.717) is 0 Å². The number of imidazole rings is 1. The molecule has 0 bridgehead atoms. The highest BCUT2D eigenvalue weighted by Gasteiger charge is 2.14. The number of rotatable bonds is 4. The van der Waals surface area contributed by atoms with E-state index in [1.54, 1.807) is 13.3 Å². The van der Waals surface area contributed by atoms with E-state index in [9.17, 15) is 0 Å². The van der Waals surface area contributed by atoms with E-state index in [1.165, 1.54) is 0 Å². The van der Waals surface area contributed by atoms with Crippen LogP contribution in [-0.4, -0.2) is 36.8 Å². The van der Waals surface area contributed by atoms with Crippen molar-refractivity contribution in [2.75, 3.05) is 7.11 Å². The minimum Gasteiger partial charge on any atom is -0.495 e. The van der Waals surface area contributed by atoms with E-state index in [1.807, 2.05) is 48.4 Å². The second kappa shape index (κ2) is 7.09. The quantitative estimate of drug-likeness (QED) is 0.407. The maximum absolute atomic E-state index is 5.33. The molecule has 0 amide bonds. The minimum atomic E-state index is 0.730. The topological polar surface area (TPSA) is 84.4 Å². The molecule has 4 aromatic heterocycles. The number of ether oxygens (including phenoxy) is 1. The lowest BCUT2D eigenvalue weighted by atomic mass is 10.0. The summed E-state index contributed by atoms with van der Waals surface area (Å²) in [5, 5.41) is 9.93. The average Bonchev–Trinajstić information content (AvgIpc) is 3.55. The van der Waals surface area contributed by atoms with Gasteiger partial charge in [0.05, 0.1) is 42.2 Å². The molecule has 0 radical (unpaired) electrons. The summed E-state index contributed by atoms with van der Waals surface area (Å²) in [4.78, 5) is 12.2. The normalized spacial score (nSPS) is 11.4. The molecule has 32 heavy (non-hydrogen) atoms. The van der Waals surface area contributed by atoms with Crippen LogP contribution in [0.25, 0.3) is 50.0 Å². The van der Waals surface area contributed by atoms with Crippen molar-refractivity contribution in [3.63, 3.8) is 0 Å². The van der Waals surface area contributed by atoms with E-state index < -0.39 is 0 Å². The molecule has 0 aliphatic carbocycles. The van der Waals surface area contributed by atoms with E-state index in [4.69, 9.17) is 4.74 Å². The Morgan fingerprint density at radius 3 is 2.72 bits per heavy atom. The number of fused-ring (bicyclic) bond motifs is 2. The zero-order chi connectivity index (χ0) is 21.7. The largest absolute Gasteiger partial charge is 0.495 e. The summed E-state index contributed by atoms with van der Waals surface area (Å²) in [7, 11) is 1.65.